The Labute approximate surface area is 175 Å². The standard InChI is InChI=1S/C19H28BrN3O4S/c1-3-14(2)22-18(24)10-11-21-19(25)15-5-4-12-23(13-15)28(26,27)17-8-6-16(20)7-9-17/h6-9,14-15H,3-5,10-13H2,1-2H3,(H,21,25)(H,22,24). The molecule has 0 spiro atoms. The summed E-state index contributed by atoms with van der Waals surface area (Å²) >= 11 is 3.30. The minimum absolute atomic E-state index is 0.0993. The van der Waals surface area contributed by atoms with Crippen molar-refractivity contribution in [1.29, 1.82) is 0 Å². The molecule has 2 amide bonds. The molecule has 28 heavy (non-hydrogen) atoms. The molecule has 1 aliphatic rings. The van der Waals surface area contributed by atoms with Crippen LogP contribution in [0.25, 0.3) is 0 Å². The number of hydrogen-bond donors (Lipinski definition) is 2. The maximum absolute atomic E-state index is 12.8. The maximum atomic E-state index is 12.8. The average molecular weight is 474 g/mol. The fourth-order valence-corrected chi connectivity index (χ4v) is 4.81. The second kappa shape index (κ2) is 10.4. The van der Waals surface area contributed by atoms with Gasteiger partial charge in [-0.25, -0.2) is 8.42 Å². The molecule has 9 heteroatoms. The van der Waals surface area contributed by atoms with Crippen LogP contribution in [0.5, 0.6) is 0 Å². The average Bonchev–Trinajstić information content (AvgIpc) is 2.68. The fourth-order valence-electron chi connectivity index (χ4n) is 3.02. The zero-order valence-electron chi connectivity index (χ0n) is 16.3. The lowest BCUT2D eigenvalue weighted by atomic mass is 9.99. The van der Waals surface area contributed by atoms with Crippen LogP contribution >= 0.6 is 15.9 Å². The lowest BCUT2D eigenvalue weighted by Gasteiger charge is -2.31. The second-order valence-corrected chi connectivity index (χ2v) is 9.93. The van der Waals surface area contributed by atoms with E-state index in [4.69, 9.17) is 0 Å². The van der Waals surface area contributed by atoms with Crippen molar-refractivity contribution in [2.24, 2.45) is 5.92 Å². The molecule has 1 heterocycles. The minimum atomic E-state index is -3.63. The number of rotatable bonds is 8. The molecule has 2 atom stereocenters. The van der Waals surface area contributed by atoms with Gasteiger partial charge in [0.1, 0.15) is 0 Å². The number of halogens is 1. The highest BCUT2D eigenvalue weighted by Gasteiger charge is 2.33. The van der Waals surface area contributed by atoms with Crippen LogP contribution in [0.15, 0.2) is 33.6 Å². The van der Waals surface area contributed by atoms with E-state index < -0.39 is 15.9 Å². The molecule has 7 nitrogen and oxygen atoms in total. The van der Waals surface area contributed by atoms with E-state index in [0.717, 1.165) is 10.9 Å². The van der Waals surface area contributed by atoms with Gasteiger partial charge in [0, 0.05) is 36.6 Å². The van der Waals surface area contributed by atoms with E-state index in [1.807, 2.05) is 13.8 Å². The molecule has 0 saturated carbocycles. The van der Waals surface area contributed by atoms with Crippen molar-refractivity contribution in [3.63, 3.8) is 0 Å². The first-order valence-electron chi connectivity index (χ1n) is 9.56. The zero-order chi connectivity index (χ0) is 20.7. The Balaban J connectivity index is 1.89. The molecule has 2 unspecified atom stereocenters. The molecule has 1 saturated heterocycles. The van der Waals surface area contributed by atoms with Crippen molar-refractivity contribution in [3.05, 3.63) is 28.7 Å². The van der Waals surface area contributed by atoms with Gasteiger partial charge >= 0.3 is 0 Å². The van der Waals surface area contributed by atoms with Crippen LogP contribution in [0, 0.1) is 5.92 Å². The summed E-state index contributed by atoms with van der Waals surface area (Å²) in [7, 11) is -3.63. The fraction of sp³-hybridized carbons (Fsp3) is 0.579. The summed E-state index contributed by atoms with van der Waals surface area (Å²) in [6.07, 6.45) is 2.33. The Morgan fingerprint density at radius 1 is 1.29 bits per heavy atom. The van der Waals surface area contributed by atoms with Crippen LogP contribution in [0.1, 0.15) is 39.5 Å². The summed E-state index contributed by atoms with van der Waals surface area (Å²) in [5, 5.41) is 5.62. The molecule has 0 bridgehead atoms. The lowest BCUT2D eigenvalue weighted by Crippen LogP contribution is -2.46. The highest BCUT2D eigenvalue weighted by atomic mass is 79.9. The van der Waals surface area contributed by atoms with Crippen LogP contribution in [-0.2, 0) is 19.6 Å². The number of amides is 2. The number of sulfonamides is 1. The predicted octanol–water partition coefficient (Wildman–Crippen LogP) is 2.27. The largest absolute Gasteiger partial charge is 0.355 e. The normalized spacial score (nSPS) is 19.0. The number of nitrogens with zero attached hydrogens (tertiary/aromatic N) is 1. The number of nitrogens with one attached hydrogen (secondary N) is 2. The monoisotopic (exact) mass is 473 g/mol. The summed E-state index contributed by atoms with van der Waals surface area (Å²) in [5.41, 5.74) is 0. The van der Waals surface area contributed by atoms with E-state index in [1.54, 1.807) is 24.3 Å². The van der Waals surface area contributed by atoms with Crippen LogP contribution in [-0.4, -0.2) is 50.2 Å². The van der Waals surface area contributed by atoms with E-state index in [1.165, 1.54) is 4.31 Å². The smallest absolute Gasteiger partial charge is 0.243 e. The second-order valence-electron chi connectivity index (χ2n) is 7.07. The third kappa shape index (κ3) is 6.28. The Bertz CT molecular complexity index is 783. The van der Waals surface area contributed by atoms with Gasteiger partial charge in [0.2, 0.25) is 21.8 Å². The van der Waals surface area contributed by atoms with E-state index >= 15 is 0 Å². The third-order valence-electron chi connectivity index (χ3n) is 4.88. The van der Waals surface area contributed by atoms with Gasteiger partial charge in [-0.3, -0.25) is 9.59 Å². The van der Waals surface area contributed by atoms with Gasteiger partial charge in [-0.1, -0.05) is 22.9 Å². The Morgan fingerprint density at radius 3 is 2.61 bits per heavy atom. The summed E-state index contributed by atoms with van der Waals surface area (Å²) < 4.78 is 27.8. The molecule has 156 valence electrons. The van der Waals surface area contributed by atoms with E-state index in [9.17, 15) is 18.0 Å². The van der Waals surface area contributed by atoms with Crippen molar-refractivity contribution in [2.45, 2.75) is 50.5 Å². The molecule has 0 radical (unpaired) electrons. The maximum Gasteiger partial charge on any atom is 0.243 e. The molecule has 0 aliphatic carbocycles. The number of benzene rings is 1. The molecule has 2 rings (SSSR count). The van der Waals surface area contributed by atoms with Gasteiger partial charge in [0.05, 0.1) is 10.8 Å². The van der Waals surface area contributed by atoms with Gasteiger partial charge in [-0.15, -0.1) is 0 Å². The van der Waals surface area contributed by atoms with Crippen LogP contribution in [0.3, 0.4) is 0 Å². The summed E-state index contributed by atoms with van der Waals surface area (Å²) in [6, 6.07) is 6.59. The highest BCUT2D eigenvalue weighted by Crippen LogP contribution is 2.24. The molecule has 1 aromatic carbocycles. The predicted molar refractivity (Wildman–Crippen MR) is 111 cm³/mol. The van der Waals surface area contributed by atoms with Gasteiger partial charge in [-0.05, 0) is 50.5 Å². The van der Waals surface area contributed by atoms with E-state index in [2.05, 4.69) is 26.6 Å². The van der Waals surface area contributed by atoms with Gasteiger partial charge in [0.25, 0.3) is 0 Å². The quantitative estimate of drug-likeness (QED) is 0.605. The molecule has 0 aromatic heterocycles. The van der Waals surface area contributed by atoms with Gasteiger partial charge in [0.15, 0.2) is 0 Å². The van der Waals surface area contributed by atoms with Crippen molar-refractivity contribution < 1.29 is 18.0 Å². The minimum Gasteiger partial charge on any atom is -0.355 e. The van der Waals surface area contributed by atoms with Crippen molar-refractivity contribution in [2.75, 3.05) is 19.6 Å². The molecular weight excluding hydrogens is 446 g/mol. The number of hydrogen-bond acceptors (Lipinski definition) is 4. The summed E-state index contributed by atoms with van der Waals surface area (Å²) in [4.78, 5) is 24.4. The lowest BCUT2D eigenvalue weighted by molar-refractivity contribution is -0.126. The van der Waals surface area contributed by atoms with Crippen molar-refractivity contribution in [1.82, 2.24) is 14.9 Å². The molecule has 1 aliphatic heterocycles. The number of piperidine rings is 1. The number of carbonyl (C=O) groups is 2. The highest BCUT2D eigenvalue weighted by molar-refractivity contribution is 9.10. The van der Waals surface area contributed by atoms with Crippen LogP contribution < -0.4 is 10.6 Å². The SMILES string of the molecule is CCC(C)NC(=O)CCNC(=O)C1CCCN(S(=O)(=O)c2ccc(Br)cc2)C1. The Morgan fingerprint density at radius 2 is 1.96 bits per heavy atom. The topological polar surface area (TPSA) is 95.6 Å². The summed E-state index contributed by atoms with van der Waals surface area (Å²) in [6.45, 7) is 4.72. The van der Waals surface area contributed by atoms with Crippen LogP contribution in [0.4, 0.5) is 0 Å². The molecule has 1 aromatic rings. The molecule has 1 fully saturated rings. The van der Waals surface area contributed by atoms with Crippen LogP contribution in [0.2, 0.25) is 0 Å². The van der Waals surface area contributed by atoms with Crippen molar-refractivity contribution >= 4 is 37.8 Å². The summed E-state index contributed by atoms with van der Waals surface area (Å²) in [5.74, 6) is -0.707. The first-order chi connectivity index (χ1) is 13.2. The molecule has 2 N–H and O–H groups in total. The first kappa shape index (κ1) is 22.8. The van der Waals surface area contributed by atoms with E-state index in [-0.39, 0.29) is 42.3 Å². The van der Waals surface area contributed by atoms with Gasteiger partial charge < -0.3 is 10.6 Å². The van der Waals surface area contributed by atoms with Crippen molar-refractivity contribution in [3.8, 4) is 0 Å². The first-order valence-corrected chi connectivity index (χ1v) is 11.8. The third-order valence-corrected chi connectivity index (χ3v) is 7.29. The molecular formula is C19H28BrN3O4S. The number of carbonyl (C=O) groups excluding carboxylic acids is 2. The Kier molecular flexibility index (Phi) is 8.45. The van der Waals surface area contributed by atoms with Gasteiger partial charge in [-0.2, -0.15) is 4.31 Å². The zero-order valence-corrected chi connectivity index (χ0v) is 18.7. The van der Waals surface area contributed by atoms with E-state index in [0.29, 0.717) is 19.4 Å². The Hall–Kier alpha value is -1.45.